The second-order valence-electron chi connectivity index (χ2n) is 2.88. The maximum atomic E-state index is 12.0. The van der Waals surface area contributed by atoms with Gasteiger partial charge in [-0.05, 0) is 30.5 Å². The summed E-state index contributed by atoms with van der Waals surface area (Å²) in [5, 5.41) is 1.76. The molecule has 0 spiro atoms. The van der Waals surface area contributed by atoms with Crippen LogP contribution in [-0.2, 0) is 10.0 Å². The lowest BCUT2D eigenvalue weighted by Gasteiger charge is -2.04. The highest BCUT2D eigenvalue weighted by Gasteiger charge is 2.18. The van der Waals surface area contributed by atoms with Gasteiger partial charge in [0.15, 0.2) is 0 Å². The molecule has 5 heteroatoms. The molecule has 0 aromatic carbocycles. The molecule has 0 bridgehead atoms. The lowest BCUT2D eigenvalue weighted by molar-refractivity contribution is 0.588. The van der Waals surface area contributed by atoms with E-state index in [-0.39, 0.29) is 0 Å². The number of aryl methyl sites for hydroxylation is 1. The first-order chi connectivity index (χ1) is 6.62. The van der Waals surface area contributed by atoms with Crippen molar-refractivity contribution in [3.05, 3.63) is 41.5 Å². The normalized spacial score (nSPS) is 11.8. The molecule has 3 nitrogen and oxygen atoms in total. The van der Waals surface area contributed by atoms with Crippen LogP contribution in [0.4, 0.5) is 0 Å². The van der Waals surface area contributed by atoms with Gasteiger partial charge in [-0.1, -0.05) is 6.07 Å². The van der Waals surface area contributed by atoms with E-state index in [2.05, 4.69) is 0 Å². The quantitative estimate of drug-likeness (QED) is 0.788. The average molecular weight is 227 g/mol. The van der Waals surface area contributed by atoms with Gasteiger partial charge in [-0.15, -0.1) is 11.3 Å². The van der Waals surface area contributed by atoms with E-state index >= 15 is 0 Å². The molecule has 74 valence electrons. The van der Waals surface area contributed by atoms with Gasteiger partial charge in [-0.3, -0.25) is 0 Å². The standard InChI is InChI=1S/C9H9NO2S2/c1-8-4-2-6-10(8)14(11,12)9-5-3-7-13-9/h2-7H,1H3. The Morgan fingerprint density at radius 1 is 1.29 bits per heavy atom. The van der Waals surface area contributed by atoms with Gasteiger partial charge in [-0.2, -0.15) is 8.42 Å². The summed E-state index contributed by atoms with van der Waals surface area (Å²) in [5.74, 6) is 0. The first-order valence-corrected chi connectivity index (χ1v) is 6.37. The molecule has 0 saturated carbocycles. The molecule has 2 aromatic rings. The molecule has 0 saturated heterocycles. The van der Waals surface area contributed by atoms with Gasteiger partial charge in [0, 0.05) is 11.9 Å². The molecule has 0 radical (unpaired) electrons. The summed E-state index contributed by atoms with van der Waals surface area (Å²) in [7, 11) is -3.35. The minimum atomic E-state index is -3.35. The van der Waals surface area contributed by atoms with Crippen molar-refractivity contribution in [1.29, 1.82) is 0 Å². The third-order valence-corrected chi connectivity index (χ3v) is 5.07. The van der Waals surface area contributed by atoms with Crippen molar-refractivity contribution in [2.75, 3.05) is 0 Å². The van der Waals surface area contributed by atoms with Crippen LogP contribution in [0, 0.1) is 6.92 Å². The summed E-state index contributed by atoms with van der Waals surface area (Å²) in [5.41, 5.74) is 0.721. The first-order valence-electron chi connectivity index (χ1n) is 4.05. The lowest BCUT2D eigenvalue weighted by atomic mass is 10.5. The Morgan fingerprint density at radius 2 is 2.07 bits per heavy atom. The SMILES string of the molecule is Cc1cccn1S(=O)(=O)c1cccs1. The van der Waals surface area contributed by atoms with Gasteiger partial charge in [0.1, 0.15) is 4.21 Å². The fourth-order valence-corrected chi connectivity index (χ4v) is 3.69. The van der Waals surface area contributed by atoms with E-state index in [1.807, 2.05) is 0 Å². The minimum Gasteiger partial charge on any atom is -0.246 e. The maximum Gasteiger partial charge on any atom is 0.277 e. The lowest BCUT2D eigenvalue weighted by Crippen LogP contribution is -2.11. The summed E-state index contributed by atoms with van der Waals surface area (Å²) < 4.78 is 25.6. The fraction of sp³-hybridized carbons (Fsp3) is 0.111. The van der Waals surface area contributed by atoms with Crippen LogP contribution in [0.1, 0.15) is 5.69 Å². The first kappa shape index (κ1) is 9.48. The minimum absolute atomic E-state index is 0.372. The molecule has 2 heterocycles. The molecule has 0 fully saturated rings. The second-order valence-corrected chi connectivity index (χ2v) is 5.87. The Hall–Kier alpha value is -1.07. The molecular weight excluding hydrogens is 218 g/mol. The summed E-state index contributed by atoms with van der Waals surface area (Å²) >= 11 is 1.23. The van der Waals surface area contributed by atoms with Crippen molar-refractivity contribution in [2.45, 2.75) is 11.1 Å². The topological polar surface area (TPSA) is 39.1 Å². The van der Waals surface area contributed by atoms with Gasteiger partial charge in [-0.25, -0.2) is 3.97 Å². The highest BCUT2D eigenvalue weighted by molar-refractivity contribution is 7.92. The molecule has 2 aromatic heterocycles. The zero-order valence-corrected chi connectivity index (χ0v) is 9.18. The van der Waals surface area contributed by atoms with E-state index in [0.717, 1.165) is 5.69 Å². The summed E-state index contributed by atoms with van der Waals surface area (Å²) in [6.07, 6.45) is 1.56. The fourth-order valence-electron chi connectivity index (χ4n) is 1.23. The number of rotatable bonds is 2. The maximum absolute atomic E-state index is 12.0. The monoisotopic (exact) mass is 227 g/mol. The van der Waals surface area contributed by atoms with Crippen LogP contribution in [0.3, 0.4) is 0 Å². The van der Waals surface area contributed by atoms with Gasteiger partial charge in [0.2, 0.25) is 0 Å². The smallest absolute Gasteiger partial charge is 0.246 e. The Kier molecular flexibility index (Phi) is 2.20. The van der Waals surface area contributed by atoms with Crippen molar-refractivity contribution in [2.24, 2.45) is 0 Å². The molecule has 2 rings (SSSR count). The molecular formula is C9H9NO2S2. The van der Waals surface area contributed by atoms with E-state index in [9.17, 15) is 8.42 Å². The summed E-state index contributed by atoms with van der Waals surface area (Å²) in [6.45, 7) is 1.77. The average Bonchev–Trinajstić information content (AvgIpc) is 2.72. The van der Waals surface area contributed by atoms with Crippen molar-refractivity contribution in [3.63, 3.8) is 0 Å². The molecule has 0 atom stereocenters. The number of thiophene rings is 1. The Labute approximate surface area is 86.7 Å². The number of hydrogen-bond donors (Lipinski definition) is 0. The van der Waals surface area contributed by atoms with Crippen LogP contribution in [0.15, 0.2) is 40.1 Å². The molecule has 0 aliphatic rings. The predicted octanol–water partition coefficient (Wildman–Crippen LogP) is 2.10. The van der Waals surface area contributed by atoms with E-state index in [1.54, 1.807) is 42.8 Å². The van der Waals surface area contributed by atoms with Gasteiger partial charge in [0.05, 0.1) is 0 Å². The molecule has 0 amide bonds. The largest absolute Gasteiger partial charge is 0.277 e. The number of aromatic nitrogens is 1. The summed E-state index contributed by atoms with van der Waals surface area (Å²) in [4.78, 5) is 0. The van der Waals surface area contributed by atoms with Crippen LogP contribution in [0.25, 0.3) is 0 Å². The van der Waals surface area contributed by atoms with Crippen molar-refractivity contribution >= 4 is 21.4 Å². The molecule has 0 aliphatic heterocycles. The molecule has 0 unspecified atom stereocenters. The van der Waals surface area contributed by atoms with E-state index in [1.165, 1.54) is 15.3 Å². The molecule has 0 aliphatic carbocycles. The highest BCUT2D eigenvalue weighted by Crippen LogP contribution is 2.20. The second kappa shape index (κ2) is 3.25. The van der Waals surface area contributed by atoms with Crippen molar-refractivity contribution in [3.8, 4) is 0 Å². The molecule has 14 heavy (non-hydrogen) atoms. The van der Waals surface area contributed by atoms with Crippen LogP contribution in [-0.4, -0.2) is 12.4 Å². The van der Waals surface area contributed by atoms with Gasteiger partial charge < -0.3 is 0 Å². The van der Waals surface area contributed by atoms with Crippen LogP contribution >= 0.6 is 11.3 Å². The third-order valence-electron chi connectivity index (χ3n) is 1.91. The molecule has 0 N–H and O–H groups in total. The Morgan fingerprint density at radius 3 is 2.57 bits per heavy atom. The summed E-state index contributed by atoms with van der Waals surface area (Å²) in [6, 6.07) is 6.83. The van der Waals surface area contributed by atoms with E-state index < -0.39 is 10.0 Å². The zero-order valence-electron chi connectivity index (χ0n) is 7.54. The van der Waals surface area contributed by atoms with Gasteiger partial charge in [0.25, 0.3) is 10.0 Å². The highest BCUT2D eigenvalue weighted by atomic mass is 32.2. The van der Waals surface area contributed by atoms with E-state index in [0.29, 0.717) is 4.21 Å². The number of hydrogen-bond acceptors (Lipinski definition) is 3. The zero-order chi connectivity index (χ0) is 10.2. The third kappa shape index (κ3) is 1.38. The van der Waals surface area contributed by atoms with Crippen LogP contribution in [0.2, 0.25) is 0 Å². The van der Waals surface area contributed by atoms with Crippen LogP contribution in [0.5, 0.6) is 0 Å². The van der Waals surface area contributed by atoms with Crippen molar-refractivity contribution < 1.29 is 8.42 Å². The van der Waals surface area contributed by atoms with Gasteiger partial charge >= 0.3 is 0 Å². The van der Waals surface area contributed by atoms with Crippen molar-refractivity contribution in [1.82, 2.24) is 3.97 Å². The Balaban J connectivity index is 2.60. The van der Waals surface area contributed by atoms with E-state index in [4.69, 9.17) is 0 Å². The number of nitrogens with zero attached hydrogens (tertiary/aromatic N) is 1. The van der Waals surface area contributed by atoms with Crippen LogP contribution < -0.4 is 0 Å². The predicted molar refractivity (Wildman–Crippen MR) is 56.1 cm³/mol. The Bertz CT molecular complexity index is 523.